The van der Waals surface area contributed by atoms with Crippen LogP contribution in [0, 0.1) is 5.82 Å². The molecule has 0 fully saturated rings. The quantitative estimate of drug-likeness (QED) is 0.907. The lowest BCUT2D eigenvalue weighted by atomic mass is 10.2. The second kappa shape index (κ2) is 5.13. The van der Waals surface area contributed by atoms with Gasteiger partial charge in [-0.3, -0.25) is 4.79 Å². The molecule has 18 heavy (non-hydrogen) atoms. The number of hydrogen-bond acceptors (Lipinski definition) is 4. The van der Waals surface area contributed by atoms with Crippen LogP contribution in [0.1, 0.15) is 11.7 Å². The molecule has 1 heterocycles. The molecule has 1 unspecified atom stereocenters. The Bertz CT molecular complexity index is 602. The summed E-state index contributed by atoms with van der Waals surface area (Å²) in [7, 11) is 0. The van der Waals surface area contributed by atoms with Gasteiger partial charge >= 0.3 is 5.97 Å². The van der Waals surface area contributed by atoms with Gasteiger partial charge in [0.05, 0.1) is 5.69 Å². The minimum atomic E-state index is -1.19. The maximum atomic E-state index is 13.7. The molecule has 1 atom stereocenters. The van der Waals surface area contributed by atoms with Gasteiger partial charge in [0, 0.05) is 15.4 Å². The van der Waals surface area contributed by atoms with Crippen molar-refractivity contribution in [2.24, 2.45) is 5.73 Å². The molecule has 0 radical (unpaired) electrons. The molecule has 1 aromatic carbocycles. The van der Waals surface area contributed by atoms with Crippen molar-refractivity contribution in [3.63, 3.8) is 0 Å². The molecule has 3 N–H and O–H groups in total. The van der Waals surface area contributed by atoms with Crippen LogP contribution in [-0.4, -0.2) is 16.1 Å². The van der Waals surface area contributed by atoms with Crippen LogP contribution in [0.3, 0.4) is 0 Å². The van der Waals surface area contributed by atoms with Gasteiger partial charge in [-0.05, 0) is 18.2 Å². The Morgan fingerprint density at radius 2 is 2.28 bits per heavy atom. The number of nitrogens with two attached hydrogens (primary N) is 1. The smallest absolute Gasteiger partial charge is 0.326 e. The Kier molecular flexibility index (Phi) is 3.74. The van der Waals surface area contributed by atoms with Crippen molar-refractivity contribution in [2.45, 2.75) is 6.04 Å². The van der Waals surface area contributed by atoms with Crippen LogP contribution in [0.2, 0.25) is 0 Å². The highest BCUT2D eigenvalue weighted by atomic mass is 79.9. The van der Waals surface area contributed by atoms with Gasteiger partial charge in [0.1, 0.15) is 16.9 Å². The first-order valence-electron chi connectivity index (χ1n) is 4.88. The van der Waals surface area contributed by atoms with Crippen LogP contribution in [0.15, 0.2) is 28.1 Å². The van der Waals surface area contributed by atoms with E-state index in [0.717, 1.165) is 11.3 Å². The summed E-state index contributed by atoms with van der Waals surface area (Å²) in [5, 5.41) is 10.7. The first kappa shape index (κ1) is 13.1. The third kappa shape index (κ3) is 2.58. The zero-order valence-corrected chi connectivity index (χ0v) is 11.3. The average Bonchev–Trinajstić information content (AvgIpc) is 2.77. The second-order valence-corrected chi connectivity index (χ2v) is 5.29. The summed E-state index contributed by atoms with van der Waals surface area (Å²) in [6, 6.07) is 3.41. The number of carboxylic acids is 1. The van der Waals surface area contributed by atoms with Crippen LogP contribution in [-0.2, 0) is 4.79 Å². The Labute approximate surface area is 114 Å². The average molecular weight is 331 g/mol. The maximum Gasteiger partial charge on any atom is 0.326 e. The third-order valence-corrected chi connectivity index (χ3v) is 3.66. The predicted molar refractivity (Wildman–Crippen MR) is 69.8 cm³/mol. The van der Waals surface area contributed by atoms with Crippen molar-refractivity contribution in [1.82, 2.24) is 4.98 Å². The number of rotatable bonds is 3. The number of hydrogen-bond donors (Lipinski definition) is 2. The number of nitrogens with zero attached hydrogens (tertiary/aromatic N) is 1. The molecular weight excluding hydrogens is 323 g/mol. The van der Waals surface area contributed by atoms with Crippen LogP contribution in [0.4, 0.5) is 4.39 Å². The molecule has 1 aromatic heterocycles. The molecule has 0 saturated carbocycles. The number of carboxylic acid groups (broad SMARTS) is 1. The lowest BCUT2D eigenvalue weighted by molar-refractivity contribution is -0.138. The summed E-state index contributed by atoms with van der Waals surface area (Å²) in [6.45, 7) is 0. The number of thiazole rings is 1. The molecule has 2 aromatic rings. The summed E-state index contributed by atoms with van der Waals surface area (Å²) in [4.78, 5) is 14.8. The fourth-order valence-corrected chi connectivity index (χ4v) is 2.56. The number of benzene rings is 1. The first-order valence-corrected chi connectivity index (χ1v) is 6.55. The predicted octanol–water partition coefficient (Wildman–Crippen LogP) is 2.80. The number of halogens is 2. The standard InChI is InChI=1S/C11H8BrFN2O2S/c12-5-1-2-6(7(13)3-5)10-15-8(4-18-10)9(14)11(16)17/h1-4,9H,14H2,(H,16,17). The van der Waals surface area contributed by atoms with Gasteiger partial charge in [-0.1, -0.05) is 15.9 Å². The summed E-state index contributed by atoms with van der Waals surface area (Å²) in [5.74, 6) is -1.59. The molecule has 94 valence electrons. The molecule has 0 aliphatic carbocycles. The maximum absolute atomic E-state index is 13.7. The first-order chi connectivity index (χ1) is 8.49. The van der Waals surface area contributed by atoms with Gasteiger partial charge in [-0.25, -0.2) is 9.37 Å². The molecule has 7 heteroatoms. The Balaban J connectivity index is 2.38. The van der Waals surface area contributed by atoms with Crippen molar-refractivity contribution < 1.29 is 14.3 Å². The number of carbonyl (C=O) groups is 1. The van der Waals surface area contributed by atoms with E-state index in [1.807, 2.05) is 0 Å². The van der Waals surface area contributed by atoms with Crippen LogP contribution < -0.4 is 5.73 Å². The lowest BCUT2D eigenvalue weighted by Crippen LogP contribution is -2.20. The molecule has 0 bridgehead atoms. The minimum absolute atomic E-state index is 0.227. The lowest BCUT2D eigenvalue weighted by Gasteiger charge is -2.01. The molecule has 2 rings (SSSR count). The van der Waals surface area contributed by atoms with Crippen molar-refractivity contribution in [3.05, 3.63) is 39.6 Å². The Hall–Kier alpha value is -1.31. The van der Waals surface area contributed by atoms with E-state index in [-0.39, 0.29) is 5.69 Å². The highest BCUT2D eigenvalue weighted by Crippen LogP contribution is 2.29. The fourth-order valence-electron chi connectivity index (χ4n) is 1.34. The highest BCUT2D eigenvalue weighted by molar-refractivity contribution is 9.10. The van der Waals surface area contributed by atoms with Gasteiger partial charge in [-0.15, -0.1) is 11.3 Å². The van der Waals surface area contributed by atoms with Crippen molar-refractivity contribution >= 4 is 33.2 Å². The van der Waals surface area contributed by atoms with Gasteiger partial charge < -0.3 is 10.8 Å². The SMILES string of the molecule is NC(C(=O)O)c1csc(-c2ccc(Br)cc2F)n1. The summed E-state index contributed by atoms with van der Waals surface area (Å²) in [6.07, 6.45) is 0. The largest absolute Gasteiger partial charge is 0.480 e. The van der Waals surface area contributed by atoms with Gasteiger partial charge in [0.2, 0.25) is 0 Å². The monoisotopic (exact) mass is 330 g/mol. The number of aliphatic carboxylic acids is 1. The molecule has 0 amide bonds. The fraction of sp³-hybridized carbons (Fsp3) is 0.0909. The molecule has 0 aliphatic rings. The normalized spacial score (nSPS) is 12.4. The van der Waals surface area contributed by atoms with E-state index in [2.05, 4.69) is 20.9 Å². The highest BCUT2D eigenvalue weighted by Gasteiger charge is 2.19. The molecule has 4 nitrogen and oxygen atoms in total. The Morgan fingerprint density at radius 3 is 2.89 bits per heavy atom. The van der Waals surface area contributed by atoms with Gasteiger partial charge in [0.15, 0.2) is 0 Å². The van der Waals surface area contributed by atoms with E-state index in [1.165, 1.54) is 11.4 Å². The summed E-state index contributed by atoms with van der Waals surface area (Å²) in [5.41, 5.74) is 5.99. The van der Waals surface area contributed by atoms with E-state index in [4.69, 9.17) is 10.8 Å². The number of aromatic nitrogens is 1. The van der Waals surface area contributed by atoms with E-state index in [9.17, 15) is 9.18 Å². The molecule has 0 spiro atoms. The summed E-state index contributed by atoms with van der Waals surface area (Å²) >= 11 is 4.32. The van der Waals surface area contributed by atoms with Crippen molar-refractivity contribution in [3.8, 4) is 10.6 Å². The van der Waals surface area contributed by atoms with Gasteiger partial charge in [-0.2, -0.15) is 0 Å². The Morgan fingerprint density at radius 1 is 1.56 bits per heavy atom. The minimum Gasteiger partial charge on any atom is -0.480 e. The van der Waals surface area contributed by atoms with Crippen LogP contribution in [0.5, 0.6) is 0 Å². The van der Waals surface area contributed by atoms with E-state index in [1.54, 1.807) is 12.1 Å². The zero-order valence-electron chi connectivity index (χ0n) is 8.93. The molecule has 0 aliphatic heterocycles. The van der Waals surface area contributed by atoms with Gasteiger partial charge in [0.25, 0.3) is 0 Å². The topological polar surface area (TPSA) is 76.2 Å². The molecule has 0 saturated heterocycles. The van der Waals surface area contributed by atoms with Crippen LogP contribution >= 0.6 is 27.3 Å². The summed E-state index contributed by atoms with van der Waals surface area (Å²) < 4.78 is 14.3. The zero-order chi connectivity index (χ0) is 13.3. The third-order valence-electron chi connectivity index (χ3n) is 2.27. The van der Waals surface area contributed by atoms with Crippen LogP contribution in [0.25, 0.3) is 10.6 Å². The van der Waals surface area contributed by atoms with E-state index in [0.29, 0.717) is 15.0 Å². The van der Waals surface area contributed by atoms with Crippen molar-refractivity contribution in [1.29, 1.82) is 0 Å². The molecular formula is C11H8BrFN2O2S. The van der Waals surface area contributed by atoms with E-state index >= 15 is 0 Å². The van der Waals surface area contributed by atoms with E-state index < -0.39 is 17.8 Å². The van der Waals surface area contributed by atoms with Crippen molar-refractivity contribution in [2.75, 3.05) is 0 Å². The second-order valence-electron chi connectivity index (χ2n) is 3.52.